The van der Waals surface area contributed by atoms with E-state index in [0.29, 0.717) is 24.4 Å². The molecular formula is C21H23BrN2O3. The number of piperidine rings is 1. The second-order valence-corrected chi connectivity index (χ2v) is 7.66. The van der Waals surface area contributed by atoms with Crippen molar-refractivity contribution in [1.82, 2.24) is 10.2 Å². The SMILES string of the molecule is Cc1ccc(OCC(=O)NC2CCN(C(=O)c3cccc(Br)c3)CC2)cc1. The molecule has 27 heavy (non-hydrogen) atoms. The Bertz CT molecular complexity index is 799. The molecule has 1 heterocycles. The zero-order valence-corrected chi connectivity index (χ0v) is 16.9. The molecule has 6 heteroatoms. The number of ether oxygens (including phenoxy) is 1. The van der Waals surface area contributed by atoms with Gasteiger partial charge in [-0.1, -0.05) is 39.7 Å². The van der Waals surface area contributed by atoms with E-state index in [9.17, 15) is 9.59 Å². The maximum atomic E-state index is 12.6. The van der Waals surface area contributed by atoms with Gasteiger partial charge in [0.1, 0.15) is 5.75 Å². The number of aryl methyl sites for hydroxylation is 1. The highest BCUT2D eigenvalue weighted by molar-refractivity contribution is 9.10. The monoisotopic (exact) mass is 430 g/mol. The lowest BCUT2D eigenvalue weighted by Crippen LogP contribution is -2.47. The summed E-state index contributed by atoms with van der Waals surface area (Å²) in [5.74, 6) is 0.585. The van der Waals surface area contributed by atoms with Crippen LogP contribution in [0.3, 0.4) is 0 Å². The van der Waals surface area contributed by atoms with Gasteiger partial charge in [-0.25, -0.2) is 0 Å². The number of carbonyl (C=O) groups is 2. The second-order valence-electron chi connectivity index (χ2n) is 6.75. The summed E-state index contributed by atoms with van der Waals surface area (Å²) in [4.78, 5) is 26.5. The molecule has 2 amide bonds. The predicted octanol–water partition coefficient (Wildman–Crippen LogP) is 3.56. The molecule has 142 valence electrons. The molecule has 1 aliphatic heterocycles. The van der Waals surface area contributed by atoms with Gasteiger partial charge >= 0.3 is 0 Å². The average Bonchev–Trinajstić information content (AvgIpc) is 2.67. The predicted molar refractivity (Wildman–Crippen MR) is 108 cm³/mol. The third kappa shape index (κ3) is 5.57. The van der Waals surface area contributed by atoms with E-state index in [2.05, 4.69) is 21.2 Å². The van der Waals surface area contributed by atoms with Crippen molar-refractivity contribution in [2.75, 3.05) is 19.7 Å². The number of amides is 2. The Hall–Kier alpha value is -2.34. The van der Waals surface area contributed by atoms with Crippen LogP contribution in [0.15, 0.2) is 53.0 Å². The molecule has 0 radical (unpaired) electrons. The van der Waals surface area contributed by atoms with E-state index in [1.54, 1.807) is 0 Å². The minimum absolute atomic E-state index is 0.000246. The Morgan fingerprint density at radius 3 is 2.52 bits per heavy atom. The maximum Gasteiger partial charge on any atom is 0.258 e. The standard InChI is InChI=1S/C21H23BrN2O3/c1-15-5-7-19(8-6-15)27-14-20(25)23-18-9-11-24(12-10-18)21(26)16-3-2-4-17(22)13-16/h2-8,13,18H,9-12,14H2,1H3,(H,23,25). The van der Waals surface area contributed by atoms with Crippen LogP contribution >= 0.6 is 15.9 Å². The molecule has 2 aromatic carbocycles. The van der Waals surface area contributed by atoms with Gasteiger partial charge in [-0.15, -0.1) is 0 Å². The van der Waals surface area contributed by atoms with E-state index in [4.69, 9.17) is 4.74 Å². The van der Waals surface area contributed by atoms with E-state index < -0.39 is 0 Å². The summed E-state index contributed by atoms with van der Waals surface area (Å²) in [5.41, 5.74) is 1.83. The summed E-state index contributed by atoms with van der Waals surface area (Å²) in [6.07, 6.45) is 1.49. The smallest absolute Gasteiger partial charge is 0.258 e. The van der Waals surface area contributed by atoms with Gasteiger partial charge < -0.3 is 15.0 Å². The molecule has 0 aliphatic carbocycles. The molecule has 1 N–H and O–H groups in total. The van der Waals surface area contributed by atoms with Gasteiger partial charge in [0.05, 0.1) is 0 Å². The zero-order chi connectivity index (χ0) is 19.2. The molecule has 1 fully saturated rings. The first kappa shape index (κ1) is 19.4. The fourth-order valence-corrected chi connectivity index (χ4v) is 3.48. The molecule has 2 aromatic rings. The fraction of sp³-hybridized carbons (Fsp3) is 0.333. The summed E-state index contributed by atoms with van der Waals surface area (Å²) in [5, 5.41) is 3.00. The van der Waals surface area contributed by atoms with E-state index in [1.165, 1.54) is 0 Å². The Labute approximate surface area is 167 Å². The third-order valence-corrected chi connectivity index (χ3v) is 5.10. The number of benzene rings is 2. The number of likely N-dealkylation sites (tertiary alicyclic amines) is 1. The number of hydrogen-bond acceptors (Lipinski definition) is 3. The summed E-state index contributed by atoms with van der Waals surface area (Å²) in [6, 6.07) is 15.1. The van der Waals surface area contributed by atoms with Crippen LogP contribution in [0.2, 0.25) is 0 Å². The van der Waals surface area contributed by atoms with Crippen LogP contribution in [0.5, 0.6) is 5.75 Å². The Kier molecular flexibility index (Phi) is 6.50. The van der Waals surface area contributed by atoms with Gasteiger partial charge in [0.2, 0.25) is 0 Å². The number of carbonyl (C=O) groups excluding carboxylic acids is 2. The van der Waals surface area contributed by atoms with Crippen molar-refractivity contribution in [2.24, 2.45) is 0 Å². The molecule has 0 aromatic heterocycles. The van der Waals surface area contributed by atoms with Gasteiger partial charge in [0, 0.05) is 29.2 Å². The lowest BCUT2D eigenvalue weighted by Gasteiger charge is -2.32. The van der Waals surface area contributed by atoms with Gasteiger partial charge in [0.15, 0.2) is 6.61 Å². The molecule has 0 saturated carbocycles. The topological polar surface area (TPSA) is 58.6 Å². The van der Waals surface area contributed by atoms with E-state index in [-0.39, 0.29) is 24.5 Å². The summed E-state index contributed by atoms with van der Waals surface area (Å²) < 4.78 is 6.40. The molecule has 0 spiro atoms. The summed E-state index contributed by atoms with van der Waals surface area (Å²) in [6.45, 7) is 3.27. The summed E-state index contributed by atoms with van der Waals surface area (Å²) >= 11 is 3.40. The Morgan fingerprint density at radius 1 is 1.15 bits per heavy atom. The van der Waals surface area contributed by atoms with Crippen LogP contribution in [0.4, 0.5) is 0 Å². The van der Waals surface area contributed by atoms with Crippen molar-refractivity contribution in [3.63, 3.8) is 0 Å². The van der Waals surface area contributed by atoms with Crippen LogP contribution < -0.4 is 10.1 Å². The van der Waals surface area contributed by atoms with Crippen LogP contribution in [-0.4, -0.2) is 42.5 Å². The molecule has 0 bridgehead atoms. The van der Waals surface area contributed by atoms with E-state index in [0.717, 1.165) is 22.9 Å². The van der Waals surface area contributed by atoms with Crippen molar-refractivity contribution < 1.29 is 14.3 Å². The summed E-state index contributed by atoms with van der Waals surface area (Å²) in [7, 11) is 0. The van der Waals surface area contributed by atoms with Gasteiger partial charge in [-0.2, -0.15) is 0 Å². The molecule has 0 atom stereocenters. The molecule has 1 saturated heterocycles. The van der Waals surface area contributed by atoms with Crippen LogP contribution in [0, 0.1) is 6.92 Å². The van der Waals surface area contributed by atoms with Crippen LogP contribution in [0.25, 0.3) is 0 Å². The van der Waals surface area contributed by atoms with Crippen LogP contribution in [-0.2, 0) is 4.79 Å². The highest BCUT2D eigenvalue weighted by atomic mass is 79.9. The first-order valence-electron chi connectivity index (χ1n) is 9.05. The quantitative estimate of drug-likeness (QED) is 0.788. The highest BCUT2D eigenvalue weighted by Gasteiger charge is 2.24. The van der Waals surface area contributed by atoms with Crippen molar-refractivity contribution in [1.29, 1.82) is 0 Å². The normalized spacial score (nSPS) is 14.7. The molecule has 3 rings (SSSR count). The zero-order valence-electron chi connectivity index (χ0n) is 15.3. The molecule has 0 unspecified atom stereocenters. The van der Waals surface area contributed by atoms with Crippen molar-refractivity contribution in [3.8, 4) is 5.75 Å². The molecular weight excluding hydrogens is 408 g/mol. The first-order valence-corrected chi connectivity index (χ1v) is 9.84. The fourth-order valence-electron chi connectivity index (χ4n) is 3.08. The molecule has 5 nitrogen and oxygen atoms in total. The number of rotatable bonds is 5. The van der Waals surface area contributed by atoms with Crippen molar-refractivity contribution in [2.45, 2.75) is 25.8 Å². The van der Waals surface area contributed by atoms with E-state index in [1.807, 2.05) is 60.4 Å². The molecule has 1 aliphatic rings. The van der Waals surface area contributed by atoms with Crippen molar-refractivity contribution in [3.05, 3.63) is 64.1 Å². The minimum Gasteiger partial charge on any atom is -0.484 e. The Morgan fingerprint density at radius 2 is 1.85 bits per heavy atom. The second kappa shape index (κ2) is 9.04. The lowest BCUT2D eigenvalue weighted by molar-refractivity contribution is -0.124. The number of hydrogen-bond donors (Lipinski definition) is 1. The maximum absolute atomic E-state index is 12.6. The minimum atomic E-state index is -0.132. The number of nitrogens with one attached hydrogen (secondary N) is 1. The number of halogens is 1. The Balaban J connectivity index is 1.43. The van der Waals surface area contributed by atoms with Gasteiger partial charge in [-0.05, 0) is 50.1 Å². The average molecular weight is 431 g/mol. The third-order valence-electron chi connectivity index (χ3n) is 4.61. The largest absolute Gasteiger partial charge is 0.484 e. The van der Waals surface area contributed by atoms with Gasteiger partial charge in [-0.3, -0.25) is 9.59 Å². The highest BCUT2D eigenvalue weighted by Crippen LogP contribution is 2.17. The first-order chi connectivity index (χ1) is 13.0. The number of nitrogens with zero attached hydrogens (tertiary/aromatic N) is 1. The van der Waals surface area contributed by atoms with E-state index >= 15 is 0 Å². The van der Waals surface area contributed by atoms with Crippen LogP contribution in [0.1, 0.15) is 28.8 Å². The lowest BCUT2D eigenvalue weighted by atomic mass is 10.0. The van der Waals surface area contributed by atoms with Gasteiger partial charge in [0.25, 0.3) is 11.8 Å². The van der Waals surface area contributed by atoms with Crippen molar-refractivity contribution >= 4 is 27.7 Å².